The molecule has 0 radical (unpaired) electrons. The Morgan fingerprint density at radius 3 is 2.39 bits per heavy atom. The maximum Gasteiger partial charge on any atom is 0.251 e. The maximum atomic E-state index is 11.8. The third-order valence-corrected chi connectivity index (χ3v) is 3.61. The molecule has 0 aliphatic heterocycles. The standard InChI is InChI=1S/C12H16Cl2N2OS/c1-12(2,3)18-5-4-15-11(17)8-6-9(13)16-10(14)7-8/h6-7H,4-5H2,1-3H3,(H,15,17). The molecule has 1 rings (SSSR count). The van der Waals surface area contributed by atoms with Crippen LogP contribution in [-0.4, -0.2) is 27.9 Å². The van der Waals surface area contributed by atoms with Crippen LogP contribution in [0.25, 0.3) is 0 Å². The van der Waals surface area contributed by atoms with Gasteiger partial charge in [0.05, 0.1) is 0 Å². The fourth-order valence-corrected chi connectivity index (χ4v) is 2.50. The van der Waals surface area contributed by atoms with Gasteiger partial charge < -0.3 is 5.32 Å². The first-order chi connectivity index (χ1) is 8.28. The zero-order valence-electron chi connectivity index (χ0n) is 10.6. The smallest absolute Gasteiger partial charge is 0.251 e. The van der Waals surface area contributed by atoms with Gasteiger partial charge in [0, 0.05) is 22.6 Å². The van der Waals surface area contributed by atoms with E-state index in [4.69, 9.17) is 23.2 Å². The second-order valence-corrected chi connectivity index (χ2v) is 7.41. The number of thioether (sulfide) groups is 1. The number of pyridine rings is 1. The van der Waals surface area contributed by atoms with E-state index in [0.29, 0.717) is 12.1 Å². The molecule has 1 amide bonds. The molecule has 0 aliphatic carbocycles. The first-order valence-electron chi connectivity index (χ1n) is 5.53. The second-order valence-electron chi connectivity index (χ2n) is 4.72. The molecule has 0 saturated heterocycles. The Morgan fingerprint density at radius 1 is 1.33 bits per heavy atom. The molecule has 0 bridgehead atoms. The van der Waals surface area contributed by atoms with E-state index in [-0.39, 0.29) is 21.0 Å². The molecule has 0 fully saturated rings. The summed E-state index contributed by atoms with van der Waals surface area (Å²) < 4.78 is 0.202. The Balaban J connectivity index is 2.46. The summed E-state index contributed by atoms with van der Waals surface area (Å²) in [6, 6.07) is 3.00. The number of carbonyl (C=O) groups excluding carboxylic acids is 1. The van der Waals surface area contributed by atoms with Gasteiger partial charge in [-0.25, -0.2) is 4.98 Å². The van der Waals surface area contributed by atoms with Crippen molar-refractivity contribution >= 4 is 40.9 Å². The quantitative estimate of drug-likeness (QED) is 0.682. The highest BCUT2D eigenvalue weighted by Crippen LogP contribution is 2.22. The monoisotopic (exact) mass is 306 g/mol. The van der Waals surface area contributed by atoms with Gasteiger partial charge in [-0.1, -0.05) is 44.0 Å². The van der Waals surface area contributed by atoms with E-state index in [2.05, 4.69) is 31.1 Å². The molecular formula is C12H16Cl2N2OS. The van der Waals surface area contributed by atoms with Crippen molar-refractivity contribution in [2.24, 2.45) is 0 Å². The van der Waals surface area contributed by atoms with Crippen LogP contribution in [0.1, 0.15) is 31.1 Å². The largest absolute Gasteiger partial charge is 0.351 e. The lowest BCUT2D eigenvalue weighted by atomic mass is 10.2. The van der Waals surface area contributed by atoms with Gasteiger partial charge in [-0.05, 0) is 12.1 Å². The minimum atomic E-state index is -0.185. The molecule has 0 saturated carbocycles. The number of halogens is 2. The SMILES string of the molecule is CC(C)(C)SCCNC(=O)c1cc(Cl)nc(Cl)c1. The lowest BCUT2D eigenvalue weighted by molar-refractivity contribution is 0.0956. The zero-order valence-corrected chi connectivity index (χ0v) is 12.9. The number of hydrogen-bond donors (Lipinski definition) is 1. The number of nitrogens with one attached hydrogen (secondary N) is 1. The van der Waals surface area contributed by atoms with Crippen molar-refractivity contribution in [3.05, 3.63) is 28.0 Å². The molecule has 18 heavy (non-hydrogen) atoms. The van der Waals surface area contributed by atoms with Crippen molar-refractivity contribution in [3.63, 3.8) is 0 Å². The molecule has 100 valence electrons. The van der Waals surface area contributed by atoms with Crippen LogP contribution >= 0.6 is 35.0 Å². The third kappa shape index (κ3) is 5.94. The van der Waals surface area contributed by atoms with Crippen LogP contribution in [0.3, 0.4) is 0 Å². The van der Waals surface area contributed by atoms with Crippen LogP contribution < -0.4 is 5.32 Å². The normalized spacial score (nSPS) is 11.4. The molecule has 1 N–H and O–H groups in total. The summed E-state index contributed by atoms with van der Waals surface area (Å²) >= 11 is 13.3. The maximum absolute atomic E-state index is 11.8. The Hall–Kier alpha value is -0.450. The van der Waals surface area contributed by atoms with Gasteiger partial charge in [-0.3, -0.25) is 4.79 Å². The molecule has 0 atom stereocenters. The number of aromatic nitrogens is 1. The highest BCUT2D eigenvalue weighted by atomic mass is 35.5. The highest BCUT2D eigenvalue weighted by Gasteiger charge is 2.11. The van der Waals surface area contributed by atoms with Crippen molar-refractivity contribution in [2.75, 3.05) is 12.3 Å². The number of nitrogens with zero attached hydrogens (tertiary/aromatic N) is 1. The van der Waals surface area contributed by atoms with Crippen LogP contribution in [0, 0.1) is 0 Å². The summed E-state index contributed by atoms with van der Waals surface area (Å²) in [5, 5.41) is 3.26. The van der Waals surface area contributed by atoms with E-state index in [9.17, 15) is 4.79 Å². The number of carbonyl (C=O) groups is 1. The minimum Gasteiger partial charge on any atom is -0.351 e. The Kier molecular flexibility index (Phi) is 5.76. The summed E-state index contributed by atoms with van der Waals surface area (Å²) in [5.74, 6) is 0.678. The van der Waals surface area contributed by atoms with Crippen LogP contribution in [0.15, 0.2) is 12.1 Å². The predicted octanol–water partition coefficient (Wildman–Crippen LogP) is 3.65. The van der Waals surface area contributed by atoms with E-state index in [0.717, 1.165) is 5.75 Å². The molecule has 0 spiro atoms. The summed E-state index contributed by atoms with van der Waals surface area (Å²) in [4.78, 5) is 15.6. The van der Waals surface area contributed by atoms with Gasteiger partial charge in [0.25, 0.3) is 5.91 Å². The van der Waals surface area contributed by atoms with Gasteiger partial charge in [0.15, 0.2) is 0 Å². The van der Waals surface area contributed by atoms with E-state index in [1.165, 1.54) is 12.1 Å². The molecule has 1 aromatic rings. The molecule has 0 aromatic carbocycles. The van der Waals surface area contributed by atoms with Gasteiger partial charge in [-0.15, -0.1) is 0 Å². The van der Waals surface area contributed by atoms with Crippen LogP contribution in [0.2, 0.25) is 10.3 Å². The summed E-state index contributed by atoms with van der Waals surface area (Å²) in [6.45, 7) is 7.03. The summed E-state index contributed by atoms with van der Waals surface area (Å²) in [7, 11) is 0. The molecule has 1 aromatic heterocycles. The Morgan fingerprint density at radius 2 is 1.89 bits per heavy atom. The van der Waals surface area contributed by atoms with Crippen molar-refractivity contribution in [1.82, 2.24) is 10.3 Å². The van der Waals surface area contributed by atoms with Crippen molar-refractivity contribution in [3.8, 4) is 0 Å². The van der Waals surface area contributed by atoms with Crippen molar-refractivity contribution < 1.29 is 4.79 Å². The minimum absolute atomic E-state index is 0.185. The number of hydrogen-bond acceptors (Lipinski definition) is 3. The van der Waals surface area contributed by atoms with Gasteiger partial charge in [-0.2, -0.15) is 11.8 Å². The van der Waals surface area contributed by atoms with Crippen molar-refractivity contribution in [1.29, 1.82) is 0 Å². The van der Waals surface area contributed by atoms with Crippen LogP contribution in [0.4, 0.5) is 0 Å². The average Bonchev–Trinajstić information content (AvgIpc) is 2.21. The number of rotatable bonds is 4. The zero-order chi connectivity index (χ0) is 13.8. The summed E-state index contributed by atoms with van der Waals surface area (Å²) in [6.07, 6.45) is 0. The topological polar surface area (TPSA) is 42.0 Å². The highest BCUT2D eigenvalue weighted by molar-refractivity contribution is 8.00. The van der Waals surface area contributed by atoms with Crippen molar-refractivity contribution in [2.45, 2.75) is 25.5 Å². The van der Waals surface area contributed by atoms with E-state index in [1.807, 2.05) is 0 Å². The molecular weight excluding hydrogens is 291 g/mol. The van der Waals surface area contributed by atoms with Gasteiger partial charge >= 0.3 is 0 Å². The Labute approximate surface area is 122 Å². The second kappa shape index (κ2) is 6.64. The fraction of sp³-hybridized carbons (Fsp3) is 0.500. The first-order valence-corrected chi connectivity index (χ1v) is 7.27. The fourth-order valence-electron chi connectivity index (χ4n) is 1.22. The Bertz CT molecular complexity index is 412. The molecule has 6 heteroatoms. The van der Waals surface area contributed by atoms with Crippen LogP contribution in [0.5, 0.6) is 0 Å². The van der Waals surface area contributed by atoms with Gasteiger partial charge in [0.2, 0.25) is 0 Å². The first kappa shape index (κ1) is 15.6. The van der Waals surface area contributed by atoms with E-state index < -0.39 is 0 Å². The third-order valence-electron chi connectivity index (χ3n) is 1.95. The van der Waals surface area contributed by atoms with E-state index >= 15 is 0 Å². The lowest BCUT2D eigenvalue weighted by Gasteiger charge is -2.17. The molecule has 1 heterocycles. The number of amides is 1. The molecule has 0 unspecified atom stereocenters. The predicted molar refractivity (Wildman–Crippen MR) is 78.8 cm³/mol. The molecule has 3 nitrogen and oxygen atoms in total. The van der Waals surface area contributed by atoms with Crippen LogP contribution in [-0.2, 0) is 0 Å². The van der Waals surface area contributed by atoms with Gasteiger partial charge in [0.1, 0.15) is 10.3 Å². The molecule has 0 aliphatic rings. The van der Waals surface area contributed by atoms with E-state index in [1.54, 1.807) is 11.8 Å². The summed E-state index contributed by atoms with van der Waals surface area (Å²) in [5.41, 5.74) is 0.431. The average molecular weight is 307 g/mol. The lowest BCUT2D eigenvalue weighted by Crippen LogP contribution is -2.27.